The van der Waals surface area contributed by atoms with Crippen LogP contribution in [0, 0.1) is 18.8 Å². The van der Waals surface area contributed by atoms with Gasteiger partial charge in [-0.2, -0.15) is 0 Å². The minimum atomic E-state index is -3.18. The molecule has 1 N–H and O–H groups in total. The van der Waals surface area contributed by atoms with E-state index in [9.17, 15) is 22.8 Å². The summed E-state index contributed by atoms with van der Waals surface area (Å²) in [6.07, 6.45) is 5.31. The van der Waals surface area contributed by atoms with Crippen molar-refractivity contribution in [1.82, 2.24) is 34.0 Å². The highest BCUT2D eigenvalue weighted by Crippen LogP contribution is 2.34. The molecule has 0 saturated carbocycles. The molecule has 4 amide bonds. The number of carbonyl (C=O) groups is 3. The van der Waals surface area contributed by atoms with Gasteiger partial charge in [0.1, 0.15) is 5.52 Å². The summed E-state index contributed by atoms with van der Waals surface area (Å²) in [5.41, 5.74) is 5.42. The quantitative estimate of drug-likeness (QED) is 0.386. The van der Waals surface area contributed by atoms with Crippen LogP contribution < -0.4 is 5.32 Å². The number of likely N-dealkylation sites (tertiary alicyclic amines) is 2. The summed E-state index contributed by atoms with van der Waals surface area (Å²) in [6, 6.07) is 11.7. The Kier molecular flexibility index (Phi) is 10.4. The van der Waals surface area contributed by atoms with Crippen molar-refractivity contribution in [2.45, 2.75) is 70.4 Å². The summed E-state index contributed by atoms with van der Waals surface area (Å²) in [6.45, 7) is 5.68. The summed E-state index contributed by atoms with van der Waals surface area (Å²) < 4.78 is 33.4. The number of ether oxygens (including phenoxy) is 1. The number of hydrogen-bond donors (Lipinski definition) is 1. The van der Waals surface area contributed by atoms with E-state index in [1.807, 2.05) is 60.2 Å². The molecule has 15 heteroatoms. The number of anilines is 1. The molecule has 3 fully saturated rings. The summed E-state index contributed by atoms with van der Waals surface area (Å²) in [7, 11) is -1.34. The zero-order chi connectivity index (χ0) is 36.6. The lowest BCUT2D eigenvalue weighted by Crippen LogP contribution is -2.52. The zero-order valence-electron chi connectivity index (χ0n) is 30.4. The number of fused-ring (bicyclic) bond motifs is 2. The number of urea groups is 1. The van der Waals surface area contributed by atoms with Gasteiger partial charge in [0.15, 0.2) is 6.10 Å². The van der Waals surface area contributed by atoms with Gasteiger partial charge in [0.05, 0.1) is 11.8 Å². The van der Waals surface area contributed by atoms with Gasteiger partial charge in [0.2, 0.25) is 10.0 Å². The van der Waals surface area contributed by atoms with Crippen molar-refractivity contribution < 1.29 is 27.5 Å². The topological polar surface area (TPSA) is 150 Å². The molecular formula is C37H50N8O6S. The highest BCUT2D eigenvalue weighted by molar-refractivity contribution is 7.88. The first-order chi connectivity index (χ1) is 24.9. The van der Waals surface area contributed by atoms with Gasteiger partial charge in [-0.05, 0) is 92.5 Å². The predicted molar refractivity (Wildman–Crippen MR) is 196 cm³/mol. The lowest BCUT2D eigenvalue weighted by molar-refractivity contribution is -0.142. The Hall–Kier alpha value is -4.24. The molecule has 52 heavy (non-hydrogen) atoms. The highest BCUT2D eigenvalue weighted by atomic mass is 32.2. The van der Waals surface area contributed by atoms with Crippen LogP contribution in [0.2, 0.25) is 0 Å². The van der Waals surface area contributed by atoms with Crippen LogP contribution in [0.1, 0.15) is 55.2 Å². The number of aromatic nitrogens is 3. The van der Waals surface area contributed by atoms with E-state index >= 15 is 0 Å². The Balaban J connectivity index is 0.996. The first-order valence-electron chi connectivity index (χ1n) is 18.6. The molecule has 5 heterocycles. The van der Waals surface area contributed by atoms with Gasteiger partial charge in [-0.25, -0.2) is 27.0 Å². The van der Waals surface area contributed by atoms with E-state index in [1.165, 1.54) is 6.26 Å². The number of carbonyl (C=O) groups excluding carboxylic acids is 3. The third kappa shape index (κ3) is 7.75. The van der Waals surface area contributed by atoms with Crippen molar-refractivity contribution in [2.24, 2.45) is 18.9 Å². The summed E-state index contributed by atoms with van der Waals surface area (Å²) in [5, 5.41) is 11.5. The fourth-order valence-corrected chi connectivity index (χ4v) is 9.64. The summed E-state index contributed by atoms with van der Waals surface area (Å²) >= 11 is 0. The van der Waals surface area contributed by atoms with Gasteiger partial charge in [0.25, 0.3) is 5.91 Å². The minimum Gasteiger partial charge on any atom is -0.436 e. The monoisotopic (exact) mass is 734 g/mol. The molecule has 1 aromatic heterocycles. The zero-order valence-corrected chi connectivity index (χ0v) is 31.2. The van der Waals surface area contributed by atoms with E-state index in [1.54, 1.807) is 13.9 Å². The van der Waals surface area contributed by atoms with Crippen molar-refractivity contribution in [1.29, 1.82) is 0 Å². The first-order valence-corrected chi connectivity index (χ1v) is 20.4. The number of benzene rings is 2. The standard InChI is InChI=1S/C37H50N8O6S/c1-25-22-26(23-32-34(25)41(2)40-39-32)24-33(35(46)42-15-8-27(9-16-42)28-10-19-44(20-11-28)52(3,49)50)51-37(48)43-17-13-30(14-18-43)45-21-12-29-6-4-5-7-31(29)38-36(45)47/h4-7,22-23,27-28,30,33H,8-21,24H2,1-3H3,(H,38,47)/t33-/m1/s1. The van der Waals surface area contributed by atoms with Crippen LogP contribution in [0.25, 0.3) is 11.0 Å². The number of hydrogen-bond acceptors (Lipinski definition) is 8. The number of nitrogens with one attached hydrogen (secondary N) is 1. The van der Waals surface area contributed by atoms with Crippen molar-refractivity contribution in [2.75, 3.05) is 57.4 Å². The van der Waals surface area contributed by atoms with Crippen LogP contribution in [0.5, 0.6) is 0 Å². The SMILES string of the molecule is Cc1cc(C[C@@H](OC(=O)N2CCC(N3CCc4ccccc4NC3=O)CC2)C(=O)N2CCC(C3CCN(S(C)(=O)=O)CC3)CC2)cc2nnn(C)c12. The lowest BCUT2D eigenvalue weighted by Gasteiger charge is -2.40. The molecular weight excluding hydrogens is 685 g/mol. The number of amides is 4. The van der Waals surface area contributed by atoms with Crippen molar-refractivity contribution >= 4 is 44.8 Å². The molecule has 2 aromatic carbocycles. The molecule has 3 aromatic rings. The molecule has 0 radical (unpaired) electrons. The maximum Gasteiger partial charge on any atom is 0.410 e. The Morgan fingerprint density at radius 1 is 0.923 bits per heavy atom. The molecule has 3 saturated heterocycles. The van der Waals surface area contributed by atoms with Crippen LogP contribution in [-0.2, 0) is 39.4 Å². The highest BCUT2D eigenvalue weighted by Gasteiger charge is 2.37. The van der Waals surface area contributed by atoms with E-state index < -0.39 is 22.2 Å². The molecule has 4 aliphatic heterocycles. The van der Waals surface area contributed by atoms with Crippen LogP contribution in [0.3, 0.4) is 0 Å². The van der Waals surface area contributed by atoms with Gasteiger partial charge in [-0.3, -0.25) is 4.79 Å². The minimum absolute atomic E-state index is 0.00242. The average Bonchev–Trinajstić information content (AvgIpc) is 3.43. The van der Waals surface area contributed by atoms with Crippen LogP contribution in [-0.4, -0.2) is 125 Å². The second-order valence-corrected chi connectivity index (χ2v) is 17.0. The number of para-hydroxylation sites is 1. The maximum absolute atomic E-state index is 14.2. The second kappa shape index (κ2) is 15.0. The fraction of sp³-hybridized carbons (Fsp3) is 0.595. The largest absolute Gasteiger partial charge is 0.436 e. The third-order valence-electron chi connectivity index (χ3n) is 11.7. The van der Waals surface area contributed by atoms with Crippen molar-refractivity contribution in [3.05, 3.63) is 53.1 Å². The molecule has 0 bridgehead atoms. The first kappa shape index (κ1) is 36.1. The van der Waals surface area contributed by atoms with Gasteiger partial charge in [0, 0.05) is 71.0 Å². The number of aryl methyl sites for hydroxylation is 2. The summed E-state index contributed by atoms with van der Waals surface area (Å²) in [4.78, 5) is 46.5. The van der Waals surface area contributed by atoms with Crippen molar-refractivity contribution in [3.63, 3.8) is 0 Å². The molecule has 7 rings (SSSR count). The number of piperidine rings is 3. The maximum atomic E-state index is 14.2. The molecule has 0 aliphatic carbocycles. The average molecular weight is 735 g/mol. The Morgan fingerprint density at radius 3 is 2.27 bits per heavy atom. The van der Waals surface area contributed by atoms with Crippen molar-refractivity contribution in [3.8, 4) is 0 Å². The predicted octanol–water partition coefficient (Wildman–Crippen LogP) is 3.79. The summed E-state index contributed by atoms with van der Waals surface area (Å²) in [5.74, 6) is 0.658. The van der Waals surface area contributed by atoms with E-state index in [2.05, 4.69) is 15.6 Å². The Morgan fingerprint density at radius 2 is 1.58 bits per heavy atom. The smallest absolute Gasteiger partial charge is 0.410 e. The molecule has 1 atom stereocenters. The number of nitrogens with zero attached hydrogens (tertiary/aromatic N) is 7. The Labute approximate surface area is 305 Å². The fourth-order valence-electron chi connectivity index (χ4n) is 8.77. The van der Waals surface area contributed by atoms with Gasteiger partial charge < -0.3 is 24.8 Å². The van der Waals surface area contributed by atoms with Crippen LogP contribution in [0.4, 0.5) is 15.3 Å². The molecule has 280 valence electrons. The number of sulfonamides is 1. The van der Waals surface area contributed by atoms with Crippen LogP contribution >= 0.6 is 0 Å². The third-order valence-corrected chi connectivity index (χ3v) is 13.0. The lowest BCUT2D eigenvalue weighted by atomic mass is 9.79. The molecule has 4 aliphatic rings. The molecule has 0 unspecified atom stereocenters. The Bertz CT molecular complexity index is 1910. The number of rotatable bonds is 7. The van der Waals surface area contributed by atoms with E-state index in [0.29, 0.717) is 70.5 Å². The normalized spacial score (nSPS) is 20.8. The van der Waals surface area contributed by atoms with Gasteiger partial charge >= 0.3 is 12.1 Å². The van der Waals surface area contributed by atoms with Crippen LogP contribution in [0.15, 0.2) is 36.4 Å². The van der Waals surface area contributed by atoms with Gasteiger partial charge in [-0.15, -0.1) is 5.10 Å². The van der Waals surface area contributed by atoms with E-state index in [4.69, 9.17) is 4.74 Å². The second-order valence-electron chi connectivity index (χ2n) is 15.0. The van der Waals surface area contributed by atoms with E-state index in [-0.39, 0.29) is 24.4 Å². The molecule has 14 nitrogen and oxygen atoms in total. The van der Waals surface area contributed by atoms with Gasteiger partial charge in [-0.1, -0.05) is 29.5 Å². The molecule has 0 spiro atoms. The van der Waals surface area contributed by atoms with E-state index in [0.717, 1.165) is 65.5 Å².